The van der Waals surface area contributed by atoms with Crippen molar-refractivity contribution in [3.63, 3.8) is 0 Å². The molecule has 102 valence electrons. The Labute approximate surface area is 107 Å². The second kappa shape index (κ2) is 6.15. The molecule has 0 saturated carbocycles. The van der Waals surface area contributed by atoms with Crippen LogP contribution in [-0.2, 0) is 9.59 Å². The molecule has 0 aromatic rings. The Balaban J connectivity index is 1.72. The van der Waals surface area contributed by atoms with Crippen LogP contribution in [0.25, 0.3) is 0 Å². The van der Waals surface area contributed by atoms with Crippen LogP contribution in [0.5, 0.6) is 0 Å². The molecule has 2 rings (SSSR count). The Hall–Kier alpha value is -1.14. The van der Waals surface area contributed by atoms with Gasteiger partial charge < -0.3 is 15.3 Å². The fourth-order valence-corrected chi connectivity index (χ4v) is 2.56. The summed E-state index contributed by atoms with van der Waals surface area (Å²) in [6.45, 7) is 4.53. The summed E-state index contributed by atoms with van der Waals surface area (Å²) < 4.78 is 0. The van der Waals surface area contributed by atoms with Crippen LogP contribution in [0.2, 0.25) is 0 Å². The van der Waals surface area contributed by atoms with Crippen LogP contribution in [0.3, 0.4) is 0 Å². The van der Waals surface area contributed by atoms with Crippen LogP contribution in [0.1, 0.15) is 19.3 Å². The molecule has 2 heterocycles. The third-order valence-electron chi connectivity index (χ3n) is 3.68. The lowest BCUT2D eigenvalue weighted by Gasteiger charge is -2.35. The molecule has 1 unspecified atom stereocenters. The second-order valence-corrected chi connectivity index (χ2v) is 4.96. The van der Waals surface area contributed by atoms with Gasteiger partial charge in [0.25, 0.3) is 0 Å². The first kappa shape index (κ1) is 13.3. The molecule has 2 saturated heterocycles. The van der Waals surface area contributed by atoms with Gasteiger partial charge in [-0.1, -0.05) is 0 Å². The predicted octanol–water partition coefficient (Wildman–Crippen LogP) is -0.643. The van der Waals surface area contributed by atoms with Gasteiger partial charge >= 0.3 is 5.97 Å². The van der Waals surface area contributed by atoms with Gasteiger partial charge in [-0.15, -0.1) is 0 Å². The highest BCUT2D eigenvalue weighted by Gasteiger charge is 2.28. The maximum atomic E-state index is 12.1. The summed E-state index contributed by atoms with van der Waals surface area (Å²) in [6.07, 6.45) is 2.20. The van der Waals surface area contributed by atoms with Gasteiger partial charge in [0.1, 0.15) is 0 Å². The van der Waals surface area contributed by atoms with E-state index in [0.717, 1.165) is 45.6 Å². The first-order valence-corrected chi connectivity index (χ1v) is 6.63. The molecule has 0 spiro atoms. The number of amides is 1. The summed E-state index contributed by atoms with van der Waals surface area (Å²) in [6, 6.07) is 0.00979. The van der Waals surface area contributed by atoms with Gasteiger partial charge in [-0.25, -0.2) is 0 Å². The van der Waals surface area contributed by atoms with Gasteiger partial charge in [0, 0.05) is 32.7 Å². The normalized spacial score (nSPS) is 25.3. The monoisotopic (exact) mass is 255 g/mol. The van der Waals surface area contributed by atoms with Gasteiger partial charge in [-0.3, -0.25) is 14.5 Å². The zero-order valence-corrected chi connectivity index (χ0v) is 10.6. The zero-order chi connectivity index (χ0) is 13.0. The van der Waals surface area contributed by atoms with Crippen molar-refractivity contribution < 1.29 is 14.7 Å². The van der Waals surface area contributed by atoms with E-state index in [1.165, 1.54) is 0 Å². The molecule has 0 aliphatic carbocycles. The quantitative estimate of drug-likeness (QED) is 0.699. The molecular weight excluding hydrogens is 234 g/mol. The van der Waals surface area contributed by atoms with E-state index in [2.05, 4.69) is 10.2 Å². The number of rotatable bonds is 4. The van der Waals surface area contributed by atoms with Crippen LogP contribution in [0.4, 0.5) is 0 Å². The summed E-state index contributed by atoms with van der Waals surface area (Å²) >= 11 is 0. The fraction of sp³-hybridized carbons (Fsp3) is 0.833. The Kier molecular flexibility index (Phi) is 4.54. The number of carboxylic acids is 1. The van der Waals surface area contributed by atoms with Crippen LogP contribution in [0.15, 0.2) is 0 Å². The molecule has 18 heavy (non-hydrogen) atoms. The maximum absolute atomic E-state index is 12.1. The van der Waals surface area contributed by atoms with Crippen molar-refractivity contribution in [2.75, 3.05) is 39.3 Å². The highest BCUT2D eigenvalue weighted by molar-refractivity contribution is 5.82. The third-order valence-corrected chi connectivity index (χ3v) is 3.68. The predicted molar refractivity (Wildman–Crippen MR) is 66.3 cm³/mol. The summed E-state index contributed by atoms with van der Waals surface area (Å²) in [4.78, 5) is 26.6. The first-order valence-electron chi connectivity index (χ1n) is 6.63. The maximum Gasteiger partial charge on any atom is 0.304 e. The lowest BCUT2D eigenvalue weighted by molar-refractivity contribution is -0.138. The minimum atomic E-state index is -0.760. The van der Waals surface area contributed by atoms with Crippen molar-refractivity contribution in [1.82, 2.24) is 15.1 Å². The van der Waals surface area contributed by atoms with Gasteiger partial charge in [0.2, 0.25) is 5.91 Å². The second-order valence-electron chi connectivity index (χ2n) is 4.96. The number of nitrogens with zero attached hydrogens (tertiary/aromatic N) is 2. The summed E-state index contributed by atoms with van der Waals surface area (Å²) in [7, 11) is 0. The molecule has 2 fully saturated rings. The average molecular weight is 255 g/mol. The van der Waals surface area contributed by atoms with E-state index in [4.69, 9.17) is 5.11 Å². The smallest absolute Gasteiger partial charge is 0.304 e. The van der Waals surface area contributed by atoms with Crippen molar-refractivity contribution in [3.05, 3.63) is 0 Å². The molecule has 2 aliphatic heterocycles. The molecule has 0 aromatic carbocycles. The number of hydrogen-bond donors (Lipinski definition) is 2. The summed E-state index contributed by atoms with van der Waals surface area (Å²) in [5, 5.41) is 11.9. The molecular formula is C12H21N3O3. The van der Waals surface area contributed by atoms with E-state index in [1.807, 2.05) is 4.90 Å². The van der Waals surface area contributed by atoms with Gasteiger partial charge in [-0.2, -0.15) is 0 Å². The standard InChI is InChI=1S/C12H21N3O3/c16-11(17)3-5-14-6-8-15(9-7-14)12(18)10-2-1-4-13-10/h10,13H,1-9H2,(H,16,17). The molecule has 0 radical (unpaired) electrons. The highest BCUT2D eigenvalue weighted by atomic mass is 16.4. The third kappa shape index (κ3) is 3.43. The number of nitrogens with one attached hydrogen (secondary N) is 1. The average Bonchev–Trinajstić information content (AvgIpc) is 2.90. The number of aliphatic carboxylic acids is 1. The lowest BCUT2D eigenvalue weighted by atomic mass is 10.2. The molecule has 2 aliphatic rings. The zero-order valence-electron chi connectivity index (χ0n) is 10.6. The van der Waals surface area contributed by atoms with E-state index < -0.39 is 5.97 Å². The molecule has 0 bridgehead atoms. The molecule has 0 aromatic heterocycles. The number of carbonyl (C=O) groups excluding carboxylic acids is 1. The van der Waals surface area contributed by atoms with Gasteiger partial charge in [0.05, 0.1) is 12.5 Å². The minimum Gasteiger partial charge on any atom is -0.481 e. The van der Waals surface area contributed by atoms with E-state index in [9.17, 15) is 9.59 Å². The summed E-state index contributed by atoms with van der Waals surface area (Å²) in [5.74, 6) is -0.547. The van der Waals surface area contributed by atoms with E-state index in [-0.39, 0.29) is 18.4 Å². The van der Waals surface area contributed by atoms with Crippen molar-refractivity contribution >= 4 is 11.9 Å². The van der Waals surface area contributed by atoms with Crippen molar-refractivity contribution in [1.29, 1.82) is 0 Å². The molecule has 1 amide bonds. The van der Waals surface area contributed by atoms with Crippen molar-refractivity contribution in [2.45, 2.75) is 25.3 Å². The van der Waals surface area contributed by atoms with Crippen molar-refractivity contribution in [3.8, 4) is 0 Å². The van der Waals surface area contributed by atoms with Crippen LogP contribution in [-0.4, -0.2) is 72.1 Å². The van der Waals surface area contributed by atoms with E-state index >= 15 is 0 Å². The number of hydrogen-bond acceptors (Lipinski definition) is 4. The number of carboxylic acid groups (broad SMARTS) is 1. The van der Waals surface area contributed by atoms with Crippen molar-refractivity contribution in [2.24, 2.45) is 0 Å². The first-order chi connectivity index (χ1) is 8.66. The van der Waals surface area contributed by atoms with Crippen LogP contribution >= 0.6 is 0 Å². The Morgan fingerprint density at radius 3 is 2.50 bits per heavy atom. The number of piperazine rings is 1. The molecule has 1 atom stereocenters. The fourth-order valence-electron chi connectivity index (χ4n) is 2.56. The largest absolute Gasteiger partial charge is 0.481 e. The Morgan fingerprint density at radius 2 is 1.94 bits per heavy atom. The highest BCUT2D eigenvalue weighted by Crippen LogP contribution is 2.11. The Morgan fingerprint density at radius 1 is 1.22 bits per heavy atom. The minimum absolute atomic E-state index is 0.00979. The van der Waals surface area contributed by atoms with E-state index in [0.29, 0.717) is 6.54 Å². The molecule has 2 N–H and O–H groups in total. The van der Waals surface area contributed by atoms with Gasteiger partial charge in [0.15, 0.2) is 0 Å². The Bertz CT molecular complexity index is 308. The molecule has 6 heteroatoms. The SMILES string of the molecule is O=C(O)CCN1CCN(C(=O)C2CCCN2)CC1. The number of carbonyl (C=O) groups is 2. The lowest BCUT2D eigenvalue weighted by Crippen LogP contribution is -2.53. The van der Waals surface area contributed by atoms with Gasteiger partial charge in [-0.05, 0) is 19.4 Å². The topological polar surface area (TPSA) is 72.9 Å². The molecule has 6 nitrogen and oxygen atoms in total. The van der Waals surface area contributed by atoms with E-state index in [1.54, 1.807) is 0 Å². The summed E-state index contributed by atoms with van der Waals surface area (Å²) in [5.41, 5.74) is 0. The van der Waals surface area contributed by atoms with Crippen LogP contribution < -0.4 is 5.32 Å². The van der Waals surface area contributed by atoms with Crippen LogP contribution in [0, 0.1) is 0 Å².